The van der Waals surface area contributed by atoms with Crippen LogP contribution in [0.25, 0.3) is 0 Å². The van der Waals surface area contributed by atoms with Gasteiger partial charge >= 0.3 is 0 Å². The van der Waals surface area contributed by atoms with Crippen LogP contribution in [-0.2, 0) is 0 Å². The van der Waals surface area contributed by atoms with E-state index < -0.39 is 17.5 Å². The van der Waals surface area contributed by atoms with Gasteiger partial charge in [0.15, 0.2) is 0 Å². The molecule has 1 unspecified atom stereocenters. The Balaban J connectivity index is 2.16. The van der Waals surface area contributed by atoms with Crippen molar-refractivity contribution in [1.29, 1.82) is 0 Å². The van der Waals surface area contributed by atoms with Crippen molar-refractivity contribution in [2.45, 2.75) is 6.04 Å². The number of benzene rings is 2. The Kier molecular flexibility index (Phi) is 5.87. The van der Waals surface area contributed by atoms with E-state index in [1.54, 1.807) is 7.11 Å². The highest BCUT2D eigenvalue weighted by Crippen LogP contribution is 2.27. The summed E-state index contributed by atoms with van der Waals surface area (Å²) in [6.07, 6.45) is 0. The number of rotatable bonds is 6. The monoisotopic (exact) mass is 334 g/mol. The molecule has 0 radical (unpaired) electrons. The van der Waals surface area contributed by atoms with Crippen molar-refractivity contribution in [2.75, 3.05) is 27.7 Å². The van der Waals surface area contributed by atoms with Crippen molar-refractivity contribution in [1.82, 2.24) is 10.2 Å². The summed E-state index contributed by atoms with van der Waals surface area (Å²) in [5.74, 6) is -1.48. The summed E-state index contributed by atoms with van der Waals surface area (Å²) in [6.45, 7) is 0.253. The quantitative estimate of drug-likeness (QED) is 0.883. The minimum Gasteiger partial charge on any atom is -0.496 e. The molecule has 0 aliphatic rings. The number of carbonyl (C=O) groups excluding carboxylic acids is 1. The molecule has 0 saturated heterocycles. The summed E-state index contributed by atoms with van der Waals surface area (Å²) in [7, 11) is 5.33. The summed E-state index contributed by atoms with van der Waals surface area (Å²) in [4.78, 5) is 14.1. The van der Waals surface area contributed by atoms with Crippen molar-refractivity contribution in [2.24, 2.45) is 0 Å². The van der Waals surface area contributed by atoms with Crippen LogP contribution in [0.3, 0.4) is 0 Å². The molecule has 2 rings (SSSR count). The number of amides is 1. The fraction of sp³-hybridized carbons (Fsp3) is 0.278. The SMILES string of the molecule is COc1ccccc1C(CNC(=O)c1ccc(F)cc1F)N(C)C. The first-order valence-corrected chi connectivity index (χ1v) is 7.46. The molecule has 0 aliphatic carbocycles. The van der Waals surface area contributed by atoms with E-state index in [0.29, 0.717) is 11.8 Å². The van der Waals surface area contributed by atoms with Gasteiger partial charge in [-0.1, -0.05) is 18.2 Å². The van der Waals surface area contributed by atoms with Crippen LogP contribution in [-0.4, -0.2) is 38.6 Å². The molecule has 2 aromatic carbocycles. The predicted molar refractivity (Wildman–Crippen MR) is 88.1 cm³/mol. The molecule has 128 valence electrons. The van der Waals surface area contributed by atoms with Crippen LogP contribution in [0.2, 0.25) is 0 Å². The second kappa shape index (κ2) is 7.88. The number of nitrogens with one attached hydrogen (secondary N) is 1. The van der Waals surface area contributed by atoms with Gasteiger partial charge < -0.3 is 15.0 Å². The molecular formula is C18H20F2N2O2. The van der Waals surface area contributed by atoms with Crippen LogP contribution in [0.1, 0.15) is 22.0 Å². The van der Waals surface area contributed by atoms with E-state index in [1.165, 1.54) is 0 Å². The molecule has 0 aromatic heterocycles. The zero-order valence-electron chi connectivity index (χ0n) is 13.8. The number of hydrogen-bond donors (Lipinski definition) is 1. The van der Waals surface area contributed by atoms with Crippen molar-refractivity contribution < 1.29 is 18.3 Å². The highest BCUT2D eigenvalue weighted by Gasteiger charge is 2.20. The lowest BCUT2D eigenvalue weighted by molar-refractivity contribution is 0.0937. The number of carbonyl (C=O) groups is 1. The second-order valence-corrected chi connectivity index (χ2v) is 5.56. The number of likely N-dealkylation sites (N-methyl/N-ethyl adjacent to an activating group) is 1. The van der Waals surface area contributed by atoms with Crippen molar-refractivity contribution in [3.05, 3.63) is 65.2 Å². The number of hydrogen-bond acceptors (Lipinski definition) is 3. The molecule has 0 saturated carbocycles. The molecule has 0 fully saturated rings. The average molecular weight is 334 g/mol. The zero-order valence-corrected chi connectivity index (χ0v) is 13.8. The van der Waals surface area contributed by atoms with E-state index in [-0.39, 0.29) is 18.2 Å². The fourth-order valence-electron chi connectivity index (χ4n) is 2.47. The third-order valence-corrected chi connectivity index (χ3v) is 3.75. The lowest BCUT2D eigenvalue weighted by Crippen LogP contribution is -2.35. The molecule has 2 aromatic rings. The van der Waals surface area contributed by atoms with Gasteiger partial charge in [0.05, 0.1) is 18.7 Å². The number of halogens is 2. The van der Waals surface area contributed by atoms with E-state index in [4.69, 9.17) is 4.74 Å². The number of para-hydroxylation sites is 1. The van der Waals surface area contributed by atoms with Gasteiger partial charge in [0.25, 0.3) is 5.91 Å². The van der Waals surface area contributed by atoms with Crippen molar-refractivity contribution in [3.63, 3.8) is 0 Å². The first kappa shape index (κ1) is 17.9. The summed E-state index contributed by atoms with van der Waals surface area (Å²) in [5, 5.41) is 2.69. The molecule has 0 heterocycles. The van der Waals surface area contributed by atoms with Gasteiger partial charge in [0.2, 0.25) is 0 Å². The Labute approximate surface area is 140 Å². The second-order valence-electron chi connectivity index (χ2n) is 5.56. The molecular weight excluding hydrogens is 314 g/mol. The molecule has 6 heteroatoms. The largest absolute Gasteiger partial charge is 0.496 e. The van der Waals surface area contributed by atoms with Gasteiger partial charge in [-0.2, -0.15) is 0 Å². The van der Waals surface area contributed by atoms with Crippen molar-refractivity contribution in [3.8, 4) is 5.75 Å². The molecule has 1 atom stereocenters. The van der Waals surface area contributed by atoms with Crippen LogP contribution < -0.4 is 10.1 Å². The van der Waals surface area contributed by atoms with Gasteiger partial charge in [-0.3, -0.25) is 4.79 Å². The third-order valence-electron chi connectivity index (χ3n) is 3.75. The molecule has 1 amide bonds. The minimum absolute atomic E-state index is 0.159. The first-order chi connectivity index (χ1) is 11.4. The fourth-order valence-corrected chi connectivity index (χ4v) is 2.47. The Morgan fingerprint density at radius 2 is 1.92 bits per heavy atom. The van der Waals surface area contributed by atoms with Crippen LogP contribution in [0.4, 0.5) is 8.78 Å². The summed E-state index contributed by atoms with van der Waals surface area (Å²) in [5.41, 5.74) is 0.721. The smallest absolute Gasteiger partial charge is 0.254 e. The maximum Gasteiger partial charge on any atom is 0.254 e. The molecule has 0 aliphatic heterocycles. The normalized spacial score (nSPS) is 12.1. The highest BCUT2D eigenvalue weighted by atomic mass is 19.1. The van der Waals surface area contributed by atoms with Gasteiger partial charge in [0.1, 0.15) is 17.4 Å². The van der Waals surface area contributed by atoms with Crippen LogP contribution >= 0.6 is 0 Å². The molecule has 4 nitrogen and oxygen atoms in total. The van der Waals surface area contributed by atoms with E-state index in [0.717, 1.165) is 17.7 Å². The summed E-state index contributed by atoms with van der Waals surface area (Å²) in [6, 6.07) is 10.2. The maximum absolute atomic E-state index is 13.7. The molecule has 0 spiro atoms. The molecule has 24 heavy (non-hydrogen) atoms. The lowest BCUT2D eigenvalue weighted by atomic mass is 10.0. The van der Waals surface area contributed by atoms with Gasteiger partial charge in [0, 0.05) is 18.2 Å². The topological polar surface area (TPSA) is 41.6 Å². The van der Waals surface area contributed by atoms with Crippen LogP contribution in [0.15, 0.2) is 42.5 Å². The Hall–Kier alpha value is -2.47. The zero-order chi connectivity index (χ0) is 17.7. The van der Waals surface area contributed by atoms with Crippen molar-refractivity contribution >= 4 is 5.91 Å². The number of methoxy groups -OCH3 is 1. The predicted octanol–water partition coefficient (Wildman–Crippen LogP) is 3.01. The number of ether oxygens (including phenoxy) is 1. The maximum atomic E-state index is 13.7. The summed E-state index contributed by atoms with van der Waals surface area (Å²) < 4.78 is 32.0. The van der Waals surface area contributed by atoms with E-state index in [2.05, 4.69) is 5.32 Å². The standard InChI is InChI=1S/C18H20F2N2O2/c1-22(2)16(14-6-4-5-7-17(14)24-3)11-21-18(23)13-9-8-12(19)10-15(13)20/h4-10,16H,11H2,1-3H3,(H,21,23). The summed E-state index contributed by atoms with van der Waals surface area (Å²) >= 11 is 0. The average Bonchev–Trinajstić information content (AvgIpc) is 2.55. The van der Waals surface area contributed by atoms with Gasteiger partial charge in [-0.25, -0.2) is 8.78 Å². The molecule has 0 bridgehead atoms. The Morgan fingerprint density at radius 1 is 1.21 bits per heavy atom. The van der Waals surface area contributed by atoms with E-state index in [9.17, 15) is 13.6 Å². The van der Waals surface area contributed by atoms with E-state index >= 15 is 0 Å². The highest BCUT2D eigenvalue weighted by molar-refractivity contribution is 5.94. The third kappa shape index (κ3) is 4.08. The van der Waals surface area contributed by atoms with Crippen LogP contribution in [0.5, 0.6) is 5.75 Å². The number of nitrogens with zero attached hydrogens (tertiary/aromatic N) is 1. The Morgan fingerprint density at radius 3 is 2.54 bits per heavy atom. The lowest BCUT2D eigenvalue weighted by Gasteiger charge is -2.26. The Bertz CT molecular complexity index is 720. The van der Waals surface area contributed by atoms with E-state index in [1.807, 2.05) is 43.3 Å². The molecule has 1 N–H and O–H groups in total. The minimum atomic E-state index is -0.883. The first-order valence-electron chi connectivity index (χ1n) is 7.46. The van der Waals surface area contributed by atoms with Gasteiger partial charge in [-0.05, 0) is 32.3 Å². The van der Waals surface area contributed by atoms with Crippen LogP contribution in [0, 0.1) is 11.6 Å². The van der Waals surface area contributed by atoms with Gasteiger partial charge in [-0.15, -0.1) is 0 Å².